The number of para-hydroxylation sites is 1. The van der Waals surface area contributed by atoms with Gasteiger partial charge in [0.1, 0.15) is 17.0 Å². The summed E-state index contributed by atoms with van der Waals surface area (Å²) in [6.45, 7) is 0.453. The van der Waals surface area contributed by atoms with E-state index in [9.17, 15) is 0 Å². The first-order valence-electron chi connectivity index (χ1n) is 5.16. The maximum Gasteiger partial charge on any atom is 0.152 e. The van der Waals surface area contributed by atoms with Crippen LogP contribution in [0.2, 0.25) is 0 Å². The normalized spacial score (nSPS) is 10.0. The molecule has 4 heteroatoms. The smallest absolute Gasteiger partial charge is 0.152 e. The summed E-state index contributed by atoms with van der Waals surface area (Å²) in [5, 5.41) is 0. The molecule has 0 unspecified atom stereocenters. The van der Waals surface area contributed by atoms with Gasteiger partial charge in [-0.05, 0) is 34.1 Å². The molecule has 0 N–H and O–H groups in total. The first kappa shape index (κ1) is 11.9. The maximum atomic E-state index is 5.68. The minimum absolute atomic E-state index is 0.453. The van der Waals surface area contributed by atoms with Crippen molar-refractivity contribution in [3.63, 3.8) is 0 Å². The van der Waals surface area contributed by atoms with Gasteiger partial charge in [-0.2, -0.15) is 0 Å². The van der Waals surface area contributed by atoms with Gasteiger partial charge < -0.3 is 9.47 Å². The summed E-state index contributed by atoms with van der Waals surface area (Å²) in [6.07, 6.45) is 1.71. The topological polar surface area (TPSA) is 31.4 Å². The Hall–Kier alpha value is -1.55. The SMILES string of the molecule is COc1ccccc1COc1cccnc1Br. The van der Waals surface area contributed by atoms with Gasteiger partial charge in [0.15, 0.2) is 5.75 Å². The molecule has 0 radical (unpaired) electrons. The van der Waals surface area contributed by atoms with Crippen molar-refractivity contribution < 1.29 is 9.47 Å². The molecule has 0 saturated carbocycles. The Kier molecular flexibility index (Phi) is 3.98. The summed E-state index contributed by atoms with van der Waals surface area (Å²) in [4.78, 5) is 4.09. The van der Waals surface area contributed by atoms with E-state index in [0.29, 0.717) is 11.2 Å². The van der Waals surface area contributed by atoms with E-state index in [4.69, 9.17) is 9.47 Å². The molecule has 0 spiro atoms. The predicted octanol–water partition coefficient (Wildman–Crippen LogP) is 3.43. The minimum atomic E-state index is 0.453. The molecule has 0 amide bonds. The molecule has 3 nitrogen and oxygen atoms in total. The molecule has 1 aromatic carbocycles. The van der Waals surface area contributed by atoms with Gasteiger partial charge in [-0.15, -0.1) is 0 Å². The highest BCUT2D eigenvalue weighted by atomic mass is 79.9. The van der Waals surface area contributed by atoms with Crippen LogP contribution in [-0.4, -0.2) is 12.1 Å². The van der Waals surface area contributed by atoms with Gasteiger partial charge in [-0.3, -0.25) is 0 Å². The standard InChI is InChI=1S/C13H12BrNO2/c1-16-11-6-3-2-5-10(11)9-17-12-7-4-8-15-13(12)14/h2-8H,9H2,1H3. The zero-order valence-electron chi connectivity index (χ0n) is 9.39. The van der Waals surface area contributed by atoms with Crippen LogP contribution in [0.4, 0.5) is 0 Å². The maximum absolute atomic E-state index is 5.68. The van der Waals surface area contributed by atoms with Gasteiger partial charge in [0.05, 0.1) is 7.11 Å². The van der Waals surface area contributed by atoms with Crippen LogP contribution in [0.1, 0.15) is 5.56 Å². The average Bonchev–Trinajstić information content (AvgIpc) is 2.38. The fourth-order valence-electron chi connectivity index (χ4n) is 1.46. The number of aromatic nitrogens is 1. The van der Waals surface area contributed by atoms with Gasteiger partial charge >= 0.3 is 0 Å². The van der Waals surface area contributed by atoms with Gasteiger partial charge in [-0.1, -0.05) is 18.2 Å². The second-order valence-corrected chi connectivity index (χ2v) is 4.14. The number of ether oxygens (including phenoxy) is 2. The van der Waals surface area contributed by atoms with E-state index in [1.54, 1.807) is 13.3 Å². The number of hydrogen-bond acceptors (Lipinski definition) is 3. The molecule has 0 aliphatic rings. The molecular formula is C13H12BrNO2. The van der Waals surface area contributed by atoms with Crippen molar-refractivity contribution in [3.05, 3.63) is 52.8 Å². The van der Waals surface area contributed by atoms with E-state index < -0.39 is 0 Å². The molecule has 17 heavy (non-hydrogen) atoms. The third-order valence-electron chi connectivity index (χ3n) is 2.30. The molecule has 0 atom stereocenters. The van der Waals surface area contributed by atoms with E-state index in [2.05, 4.69) is 20.9 Å². The van der Waals surface area contributed by atoms with Crippen LogP contribution in [-0.2, 0) is 6.61 Å². The second kappa shape index (κ2) is 5.68. The summed E-state index contributed by atoms with van der Waals surface area (Å²) in [5.74, 6) is 1.55. The Morgan fingerprint density at radius 1 is 1.12 bits per heavy atom. The Morgan fingerprint density at radius 2 is 1.88 bits per heavy atom. The number of benzene rings is 1. The average molecular weight is 294 g/mol. The van der Waals surface area contributed by atoms with Crippen LogP contribution in [0, 0.1) is 0 Å². The van der Waals surface area contributed by atoms with Crippen molar-refractivity contribution >= 4 is 15.9 Å². The number of halogens is 1. The zero-order chi connectivity index (χ0) is 12.1. The first-order chi connectivity index (χ1) is 8.31. The fraction of sp³-hybridized carbons (Fsp3) is 0.154. The van der Waals surface area contributed by atoms with Crippen LogP contribution in [0.25, 0.3) is 0 Å². The van der Waals surface area contributed by atoms with Crippen molar-refractivity contribution in [2.45, 2.75) is 6.61 Å². The molecule has 2 rings (SSSR count). The quantitative estimate of drug-likeness (QED) is 0.810. The van der Waals surface area contributed by atoms with E-state index in [1.807, 2.05) is 36.4 Å². The monoisotopic (exact) mass is 293 g/mol. The lowest BCUT2D eigenvalue weighted by Gasteiger charge is -2.10. The van der Waals surface area contributed by atoms with Crippen LogP contribution in [0.5, 0.6) is 11.5 Å². The molecule has 1 heterocycles. The molecular weight excluding hydrogens is 282 g/mol. The van der Waals surface area contributed by atoms with Gasteiger partial charge in [-0.25, -0.2) is 4.98 Å². The van der Waals surface area contributed by atoms with Gasteiger partial charge in [0.2, 0.25) is 0 Å². The first-order valence-corrected chi connectivity index (χ1v) is 5.96. The van der Waals surface area contributed by atoms with Gasteiger partial charge in [0.25, 0.3) is 0 Å². The Labute approximate surface area is 109 Å². The number of hydrogen-bond donors (Lipinski definition) is 0. The predicted molar refractivity (Wildman–Crippen MR) is 69.3 cm³/mol. The van der Waals surface area contributed by atoms with Crippen molar-refractivity contribution in [2.24, 2.45) is 0 Å². The lowest BCUT2D eigenvalue weighted by atomic mass is 10.2. The summed E-state index contributed by atoms with van der Waals surface area (Å²) in [6, 6.07) is 11.5. The summed E-state index contributed by atoms with van der Waals surface area (Å²) in [5.41, 5.74) is 1.01. The highest BCUT2D eigenvalue weighted by molar-refractivity contribution is 9.10. The molecule has 2 aromatic rings. The highest BCUT2D eigenvalue weighted by Crippen LogP contribution is 2.24. The van der Waals surface area contributed by atoms with Crippen molar-refractivity contribution in [3.8, 4) is 11.5 Å². The molecule has 1 aromatic heterocycles. The van der Waals surface area contributed by atoms with E-state index in [0.717, 1.165) is 17.1 Å². The second-order valence-electron chi connectivity index (χ2n) is 3.39. The van der Waals surface area contributed by atoms with Crippen molar-refractivity contribution in [1.29, 1.82) is 0 Å². The largest absolute Gasteiger partial charge is 0.496 e. The number of pyridine rings is 1. The zero-order valence-corrected chi connectivity index (χ0v) is 11.0. The van der Waals surface area contributed by atoms with Crippen LogP contribution in [0.3, 0.4) is 0 Å². The summed E-state index contributed by atoms with van der Waals surface area (Å²) in [7, 11) is 1.65. The van der Waals surface area contributed by atoms with Crippen LogP contribution < -0.4 is 9.47 Å². The van der Waals surface area contributed by atoms with Crippen LogP contribution >= 0.6 is 15.9 Å². The van der Waals surface area contributed by atoms with E-state index >= 15 is 0 Å². The Morgan fingerprint density at radius 3 is 2.65 bits per heavy atom. The van der Waals surface area contributed by atoms with Crippen molar-refractivity contribution in [1.82, 2.24) is 4.98 Å². The summed E-state index contributed by atoms with van der Waals surface area (Å²) >= 11 is 3.34. The fourth-order valence-corrected chi connectivity index (χ4v) is 1.82. The lowest BCUT2D eigenvalue weighted by Crippen LogP contribution is -1.99. The molecule has 88 valence electrons. The molecule has 0 aliphatic carbocycles. The Balaban J connectivity index is 2.10. The lowest BCUT2D eigenvalue weighted by molar-refractivity contribution is 0.293. The molecule has 0 aliphatic heterocycles. The number of methoxy groups -OCH3 is 1. The minimum Gasteiger partial charge on any atom is -0.496 e. The third kappa shape index (κ3) is 2.97. The van der Waals surface area contributed by atoms with Crippen LogP contribution in [0.15, 0.2) is 47.2 Å². The van der Waals surface area contributed by atoms with E-state index in [1.165, 1.54) is 0 Å². The Bertz CT molecular complexity index is 502. The molecule has 0 bridgehead atoms. The van der Waals surface area contributed by atoms with Gasteiger partial charge in [0, 0.05) is 11.8 Å². The molecule has 0 saturated heterocycles. The third-order valence-corrected chi connectivity index (χ3v) is 2.90. The highest BCUT2D eigenvalue weighted by Gasteiger charge is 2.04. The van der Waals surface area contributed by atoms with E-state index in [-0.39, 0.29) is 0 Å². The number of nitrogens with zero attached hydrogens (tertiary/aromatic N) is 1. The number of rotatable bonds is 4. The summed E-state index contributed by atoms with van der Waals surface area (Å²) < 4.78 is 11.6. The van der Waals surface area contributed by atoms with Crippen molar-refractivity contribution in [2.75, 3.05) is 7.11 Å². The molecule has 0 fully saturated rings.